The first-order chi connectivity index (χ1) is 12.2. The maximum absolute atomic E-state index is 13.0. The molecular weight excluding hydrogens is 378 g/mol. The van der Waals surface area contributed by atoms with Crippen molar-refractivity contribution in [1.82, 2.24) is 4.31 Å². The van der Waals surface area contributed by atoms with Crippen LogP contribution in [0.5, 0.6) is 0 Å². The van der Waals surface area contributed by atoms with Crippen LogP contribution in [0, 0.1) is 10.1 Å². The van der Waals surface area contributed by atoms with Crippen LogP contribution in [0.15, 0.2) is 53.4 Å². The van der Waals surface area contributed by atoms with Gasteiger partial charge in [0.15, 0.2) is 4.90 Å². The SMILES string of the molecule is CC(N)CN(CCc1ccccc1Cl)S(=O)(=O)c1ccccc1[N+](=O)[O-]. The molecule has 0 aromatic heterocycles. The molecule has 0 aliphatic rings. The van der Waals surface area contributed by atoms with Crippen molar-refractivity contribution in [3.05, 3.63) is 69.2 Å². The summed E-state index contributed by atoms with van der Waals surface area (Å²) >= 11 is 6.13. The van der Waals surface area contributed by atoms with Gasteiger partial charge in [0.25, 0.3) is 5.69 Å². The van der Waals surface area contributed by atoms with Gasteiger partial charge >= 0.3 is 0 Å². The largest absolute Gasteiger partial charge is 0.327 e. The fourth-order valence-corrected chi connectivity index (χ4v) is 4.47. The van der Waals surface area contributed by atoms with E-state index in [1.54, 1.807) is 19.1 Å². The fraction of sp³-hybridized carbons (Fsp3) is 0.294. The molecular formula is C17H20ClN3O4S. The number of sulfonamides is 1. The molecule has 2 aromatic rings. The zero-order chi connectivity index (χ0) is 19.3. The van der Waals surface area contributed by atoms with E-state index in [0.29, 0.717) is 11.4 Å². The number of nitro groups is 1. The first-order valence-electron chi connectivity index (χ1n) is 7.96. The highest BCUT2D eigenvalue weighted by Gasteiger charge is 2.31. The van der Waals surface area contributed by atoms with Crippen molar-refractivity contribution >= 4 is 27.3 Å². The average Bonchev–Trinajstić information content (AvgIpc) is 2.59. The number of hydrogen-bond donors (Lipinski definition) is 1. The summed E-state index contributed by atoms with van der Waals surface area (Å²) in [6.45, 7) is 1.83. The zero-order valence-electron chi connectivity index (χ0n) is 14.2. The van der Waals surface area contributed by atoms with Gasteiger partial charge in [-0.3, -0.25) is 10.1 Å². The van der Waals surface area contributed by atoms with Crippen molar-refractivity contribution < 1.29 is 13.3 Å². The number of nitrogens with zero attached hydrogens (tertiary/aromatic N) is 2. The molecule has 1 atom stereocenters. The van der Waals surface area contributed by atoms with E-state index in [2.05, 4.69) is 0 Å². The Morgan fingerprint density at radius 2 is 1.81 bits per heavy atom. The van der Waals surface area contributed by atoms with E-state index in [1.165, 1.54) is 28.6 Å². The van der Waals surface area contributed by atoms with Gasteiger partial charge in [-0.25, -0.2) is 8.42 Å². The lowest BCUT2D eigenvalue weighted by Crippen LogP contribution is -2.41. The molecule has 0 aliphatic carbocycles. The van der Waals surface area contributed by atoms with Crippen molar-refractivity contribution in [2.45, 2.75) is 24.3 Å². The third-order valence-electron chi connectivity index (χ3n) is 3.76. The van der Waals surface area contributed by atoms with Crippen LogP contribution in [0.1, 0.15) is 12.5 Å². The highest BCUT2D eigenvalue weighted by atomic mass is 35.5. The maximum atomic E-state index is 13.0. The van der Waals surface area contributed by atoms with Crippen LogP contribution in [0.2, 0.25) is 5.02 Å². The molecule has 0 radical (unpaired) electrons. The van der Waals surface area contributed by atoms with Crippen LogP contribution < -0.4 is 5.73 Å². The Kier molecular flexibility index (Phi) is 6.71. The Balaban J connectivity index is 2.36. The summed E-state index contributed by atoms with van der Waals surface area (Å²) in [7, 11) is -4.09. The van der Waals surface area contributed by atoms with Crippen LogP contribution in [0.4, 0.5) is 5.69 Å². The van der Waals surface area contributed by atoms with Crippen LogP contribution in [-0.4, -0.2) is 36.8 Å². The van der Waals surface area contributed by atoms with Crippen LogP contribution >= 0.6 is 11.6 Å². The molecule has 7 nitrogen and oxygen atoms in total. The summed E-state index contributed by atoms with van der Waals surface area (Å²) in [6.07, 6.45) is 0.367. The van der Waals surface area contributed by atoms with E-state index in [9.17, 15) is 18.5 Å². The summed E-state index contributed by atoms with van der Waals surface area (Å²) in [5, 5.41) is 11.8. The molecule has 0 amide bonds. The normalized spacial score (nSPS) is 12.9. The smallest absolute Gasteiger partial charge is 0.289 e. The second kappa shape index (κ2) is 8.59. The molecule has 2 N–H and O–H groups in total. The quantitative estimate of drug-likeness (QED) is 0.544. The Morgan fingerprint density at radius 3 is 2.42 bits per heavy atom. The predicted molar refractivity (Wildman–Crippen MR) is 101 cm³/mol. The van der Waals surface area contributed by atoms with Gasteiger partial charge in [-0.2, -0.15) is 4.31 Å². The highest BCUT2D eigenvalue weighted by Crippen LogP contribution is 2.27. The molecule has 9 heteroatoms. The number of para-hydroxylation sites is 1. The topological polar surface area (TPSA) is 107 Å². The number of nitrogens with two attached hydrogens (primary N) is 1. The van der Waals surface area contributed by atoms with Gasteiger partial charge in [-0.15, -0.1) is 0 Å². The minimum atomic E-state index is -4.09. The summed E-state index contributed by atoms with van der Waals surface area (Å²) in [4.78, 5) is 10.2. The van der Waals surface area contributed by atoms with E-state index in [0.717, 1.165) is 5.56 Å². The second-order valence-electron chi connectivity index (χ2n) is 5.91. The predicted octanol–water partition coefficient (Wildman–Crippen LogP) is 2.83. The summed E-state index contributed by atoms with van der Waals surface area (Å²) in [6, 6.07) is 12.0. The molecule has 0 fully saturated rings. The van der Waals surface area contributed by atoms with Crippen molar-refractivity contribution in [2.24, 2.45) is 5.73 Å². The molecule has 0 aliphatic heterocycles. The van der Waals surface area contributed by atoms with Gasteiger partial charge in [0.2, 0.25) is 10.0 Å². The van der Waals surface area contributed by atoms with E-state index in [-0.39, 0.29) is 18.0 Å². The number of halogens is 1. The second-order valence-corrected chi connectivity index (χ2v) is 8.22. The maximum Gasteiger partial charge on any atom is 0.289 e. The van der Waals surface area contributed by atoms with E-state index < -0.39 is 26.7 Å². The van der Waals surface area contributed by atoms with Crippen LogP contribution in [0.25, 0.3) is 0 Å². The van der Waals surface area contributed by atoms with Crippen LogP contribution in [-0.2, 0) is 16.4 Å². The number of benzene rings is 2. The van der Waals surface area contributed by atoms with Crippen molar-refractivity contribution in [1.29, 1.82) is 0 Å². The Labute approximate surface area is 157 Å². The van der Waals surface area contributed by atoms with Gasteiger partial charge in [0, 0.05) is 30.2 Å². The van der Waals surface area contributed by atoms with Crippen LogP contribution in [0.3, 0.4) is 0 Å². The van der Waals surface area contributed by atoms with Gasteiger partial charge in [-0.05, 0) is 31.0 Å². The first-order valence-corrected chi connectivity index (χ1v) is 9.78. The lowest BCUT2D eigenvalue weighted by Gasteiger charge is -2.24. The first kappa shape index (κ1) is 20.3. The summed E-state index contributed by atoms with van der Waals surface area (Å²) in [5.74, 6) is 0. The number of rotatable bonds is 8. The molecule has 1 unspecified atom stereocenters. The zero-order valence-corrected chi connectivity index (χ0v) is 15.8. The summed E-state index contributed by atoms with van der Waals surface area (Å²) in [5.41, 5.74) is 6.13. The van der Waals surface area contributed by atoms with E-state index in [1.807, 2.05) is 12.1 Å². The number of nitro benzene ring substituents is 1. The Hall–Kier alpha value is -2.00. The Bertz CT molecular complexity index is 887. The molecule has 2 aromatic carbocycles. The molecule has 0 saturated carbocycles. The van der Waals surface area contributed by atoms with Gasteiger partial charge < -0.3 is 5.73 Å². The lowest BCUT2D eigenvalue weighted by atomic mass is 10.1. The average molecular weight is 398 g/mol. The molecule has 0 saturated heterocycles. The minimum Gasteiger partial charge on any atom is -0.327 e. The molecule has 26 heavy (non-hydrogen) atoms. The van der Waals surface area contributed by atoms with Crippen molar-refractivity contribution in [3.63, 3.8) is 0 Å². The van der Waals surface area contributed by atoms with Crippen molar-refractivity contribution in [2.75, 3.05) is 13.1 Å². The minimum absolute atomic E-state index is 0.0405. The highest BCUT2D eigenvalue weighted by molar-refractivity contribution is 7.89. The molecule has 140 valence electrons. The van der Waals surface area contributed by atoms with Gasteiger partial charge in [-0.1, -0.05) is 41.9 Å². The van der Waals surface area contributed by atoms with E-state index in [4.69, 9.17) is 17.3 Å². The van der Waals surface area contributed by atoms with Crippen molar-refractivity contribution in [3.8, 4) is 0 Å². The third kappa shape index (κ3) is 4.79. The number of hydrogen-bond acceptors (Lipinski definition) is 5. The monoisotopic (exact) mass is 397 g/mol. The molecule has 0 spiro atoms. The fourth-order valence-electron chi connectivity index (χ4n) is 2.54. The van der Waals surface area contributed by atoms with Gasteiger partial charge in [0.1, 0.15) is 0 Å². The Morgan fingerprint density at radius 1 is 1.19 bits per heavy atom. The molecule has 2 rings (SSSR count). The third-order valence-corrected chi connectivity index (χ3v) is 6.04. The molecule has 0 heterocycles. The van der Waals surface area contributed by atoms with Gasteiger partial charge in [0.05, 0.1) is 4.92 Å². The lowest BCUT2D eigenvalue weighted by molar-refractivity contribution is -0.387. The molecule has 0 bridgehead atoms. The van der Waals surface area contributed by atoms with E-state index >= 15 is 0 Å². The standard InChI is InChI=1S/C17H20ClN3O4S/c1-13(19)12-20(11-10-14-6-2-3-7-15(14)18)26(24,25)17-9-5-4-8-16(17)21(22)23/h2-9,13H,10-12,19H2,1H3. The summed E-state index contributed by atoms with van der Waals surface area (Å²) < 4.78 is 27.2.